The molecule has 2 heterocycles. The first-order valence-electron chi connectivity index (χ1n) is 12.2. The van der Waals surface area contributed by atoms with Crippen molar-refractivity contribution < 1.29 is 14.7 Å². The quantitative estimate of drug-likeness (QED) is 0.259. The number of hydrogen-bond donors (Lipinski definition) is 1. The van der Waals surface area contributed by atoms with Gasteiger partial charge in [0, 0.05) is 23.6 Å². The molecule has 1 N–H and O–H groups in total. The molecule has 0 aliphatic carbocycles. The molecule has 36 heavy (non-hydrogen) atoms. The van der Waals surface area contributed by atoms with Gasteiger partial charge in [-0.3, -0.25) is 19.5 Å². The summed E-state index contributed by atoms with van der Waals surface area (Å²) < 4.78 is 0. The third-order valence-corrected chi connectivity index (χ3v) is 6.84. The van der Waals surface area contributed by atoms with Gasteiger partial charge >= 0.3 is 0 Å². The largest absolute Gasteiger partial charge is 0.507 e. The Morgan fingerprint density at radius 1 is 0.833 bits per heavy atom. The van der Waals surface area contributed by atoms with Crippen LogP contribution in [0.4, 0.5) is 5.69 Å². The summed E-state index contributed by atoms with van der Waals surface area (Å²) in [6, 6.07) is 16.4. The van der Waals surface area contributed by atoms with E-state index in [9.17, 15) is 14.7 Å². The number of hydrogen-bond acceptors (Lipinski definition) is 4. The first-order chi connectivity index (χ1) is 16.8. The highest BCUT2D eigenvalue weighted by Crippen LogP contribution is 2.43. The van der Waals surface area contributed by atoms with Gasteiger partial charge in [0.1, 0.15) is 5.76 Å². The Labute approximate surface area is 213 Å². The number of Topliss-reactive ketones (excluding diaryl/α,β-unsaturated/α-hetero) is 1. The third-order valence-electron chi connectivity index (χ3n) is 6.84. The Balaban J connectivity index is 1.93. The van der Waals surface area contributed by atoms with Crippen molar-refractivity contribution >= 4 is 23.1 Å². The van der Waals surface area contributed by atoms with Gasteiger partial charge in [0.15, 0.2) is 0 Å². The average Bonchev–Trinajstić information content (AvgIpc) is 3.09. The number of benzene rings is 2. The van der Waals surface area contributed by atoms with Gasteiger partial charge in [-0.25, -0.2) is 0 Å². The molecular formula is C31H34N2O3. The van der Waals surface area contributed by atoms with E-state index in [1.165, 1.54) is 4.90 Å². The van der Waals surface area contributed by atoms with E-state index < -0.39 is 17.7 Å². The number of carbonyl (C=O) groups is 2. The van der Waals surface area contributed by atoms with Crippen LogP contribution in [0.15, 0.2) is 72.6 Å². The number of ketones is 1. The van der Waals surface area contributed by atoms with E-state index in [2.05, 4.69) is 46.5 Å². The smallest absolute Gasteiger partial charge is 0.300 e. The second-order valence-corrected chi connectivity index (χ2v) is 11.5. The third kappa shape index (κ3) is 4.58. The summed E-state index contributed by atoms with van der Waals surface area (Å²) in [4.78, 5) is 32.5. The SMILES string of the molecule is Cc1ccc(C(C)(C)C)cc1/C(O)=C1\C(=O)C(=O)N(c2ccc(C(C)(C)C)cc2)C1c1ccncc1. The maximum Gasteiger partial charge on any atom is 0.300 e. The molecule has 5 nitrogen and oxygen atoms in total. The first kappa shape index (κ1) is 25.4. The van der Waals surface area contributed by atoms with E-state index >= 15 is 0 Å². The number of rotatable bonds is 3. The number of aliphatic hydroxyl groups excluding tert-OH is 1. The van der Waals surface area contributed by atoms with Crippen LogP contribution in [0.3, 0.4) is 0 Å². The predicted octanol–water partition coefficient (Wildman–Crippen LogP) is 6.61. The van der Waals surface area contributed by atoms with E-state index in [0.717, 1.165) is 16.7 Å². The Bertz CT molecular complexity index is 1340. The molecule has 1 aliphatic heterocycles. The Morgan fingerprint density at radius 3 is 1.94 bits per heavy atom. The Morgan fingerprint density at radius 2 is 1.39 bits per heavy atom. The highest BCUT2D eigenvalue weighted by molar-refractivity contribution is 6.51. The van der Waals surface area contributed by atoms with Crippen LogP contribution in [-0.2, 0) is 20.4 Å². The van der Waals surface area contributed by atoms with Crippen molar-refractivity contribution in [3.63, 3.8) is 0 Å². The van der Waals surface area contributed by atoms with Gasteiger partial charge in [0.25, 0.3) is 11.7 Å². The molecule has 4 rings (SSSR count). The molecule has 1 aliphatic rings. The van der Waals surface area contributed by atoms with Crippen LogP contribution in [-0.4, -0.2) is 21.8 Å². The molecule has 1 unspecified atom stereocenters. The summed E-state index contributed by atoms with van der Waals surface area (Å²) in [5.41, 5.74) is 4.74. The minimum absolute atomic E-state index is 0.0488. The summed E-state index contributed by atoms with van der Waals surface area (Å²) in [6.07, 6.45) is 3.26. The minimum Gasteiger partial charge on any atom is -0.507 e. The van der Waals surface area contributed by atoms with Crippen LogP contribution in [0.5, 0.6) is 0 Å². The maximum atomic E-state index is 13.5. The van der Waals surface area contributed by atoms with Crippen molar-refractivity contribution in [1.82, 2.24) is 4.98 Å². The minimum atomic E-state index is -0.772. The predicted molar refractivity (Wildman–Crippen MR) is 144 cm³/mol. The second-order valence-electron chi connectivity index (χ2n) is 11.5. The fourth-order valence-electron chi connectivity index (χ4n) is 4.57. The highest BCUT2D eigenvalue weighted by atomic mass is 16.3. The zero-order chi connectivity index (χ0) is 26.4. The molecule has 0 spiro atoms. The van der Waals surface area contributed by atoms with Crippen LogP contribution in [0.1, 0.15) is 75.4 Å². The fourth-order valence-corrected chi connectivity index (χ4v) is 4.57. The van der Waals surface area contributed by atoms with Gasteiger partial charge in [-0.2, -0.15) is 0 Å². The van der Waals surface area contributed by atoms with Gasteiger partial charge in [-0.15, -0.1) is 0 Å². The van der Waals surface area contributed by atoms with E-state index in [-0.39, 0.29) is 22.2 Å². The first-order valence-corrected chi connectivity index (χ1v) is 12.2. The van der Waals surface area contributed by atoms with Gasteiger partial charge in [-0.1, -0.05) is 65.8 Å². The molecule has 1 fully saturated rings. The number of anilines is 1. The summed E-state index contributed by atoms with van der Waals surface area (Å²) in [5.74, 6) is -1.52. The van der Waals surface area contributed by atoms with Crippen molar-refractivity contribution in [3.8, 4) is 0 Å². The van der Waals surface area contributed by atoms with E-state index in [4.69, 9.17) is 0 Å². The maximum absolute atomic E-state index is 13.5. The molecule has 1 amide bonds. The van der Waals surface area contributed by atoms with Crippen molar-refractivity contribution in [3.05, 3.63) is 100 Å². The molecule has 1 atom stereocenters. The molecule has 186 valence electrons. The topological polar surface area (TPSA) is 70.5 Å². The number of carbonyl (C=O) groups excluding carboxylic acids is 2. The highest BCUT2D eigenvalue weighted by Gasteiger charge is 2.47. The van der Waals surface area contributed by atoms with E-state index in [0.29, 0.717) is 16.8 Å². The van der Waals surface area contributed by atoms with E-state index in [1.807, 2.05) is 49.4 Å². The number of aromatic nitrogens is 1. The molecule has 0 saturated carbocycles. The lowest BCUT2D eigenvalue weighted by Crippen LogP contribution is -2.29. The fraction of sp³-hybridized carbons (Fsp3) is 0.323. The van der Waals surface area contributed by atoms with Crippen LogP contribution in [0, 0.1) is 6.92 Å². The average molecular weight is 483 g/mol. The van der Waals surface area contributed by atoms with Crippen LogP contribution < -0.4 is 4.90 Å². The molecule has 3 aromatic rings. The van der Waals surface area contributed by atoms with Crippen molar-refractivity contribution in [2.45, 2.75) is 65.3 Å². The normalized spacial score (nSPS) is 18.1. The molecule has 5 heteroatoms. The number of aliphatic hydroxyl groups is 1. The zero-order valence-corrected chi connectivity index (χ0v) is 22.1. The summed E-state index contributed by atoms with van der Waals surface area (Å²) in [6.45, 7) is 14.6. The van der Waals surface area contributed by atoms with Crippen molar-refractivity contribution in [2.75, 3.05) is 4.90 Å². The molecule has 0 radical (unpaired) electrons. The Hall–Kier alpha value is -3.73. The van der Waals surface area contributed by atoms with Gasteiger partial charge < -0.3 is 5.11 Å². The number of aryl methyl sites for hydroxylation is 1. The van der Waals surface area contributed by atoms with Crippen LogP contribution in [0.2, 0.25) is 0 Å². The lowest BCUT2D eigenvalue weighted by molar-refractivity contribution is -0.132. The Kier molecular flexibility index (Phi) is 6.38. The zero-order valence-electron chi connectivity index (χ0n) is 22.1. The summed E-state index contributed by atoms with van der Waals surface area (Å²) in [7, 11) is 0. The standard InChI is InChI=1S/C31H34N2O3/c1-19-8-9-22(31(5,6)7)18-24(19)27(34)25-26(20-14-16-32-17-15-20)33(29(36)28(25)35)23-12-10-21(11-13-23)30(2,3)4/h8-18,26,34H,1-7H3/b27-25+. The number of pyridine rings is 1. The summed E-state index contributed by atoms with van der Waals surface area (Å²) in [5, 5.41) is 11.6. The van der Waals surface area contributed by atoms with Gasteiger partial charge in [-0.05, 0) is 70.3 Å². The van der Waals surface area contributed by atoms with E-state index in [1.54, 1.807) is 24.5 Å². The lowest BCUT2D eigenvalue weighted by atomic mass is 9.84. The van der Waals surface area contributed by atoms with Crippen LogP contribution in [0.25, 0.3) is 5.76 Å². The molecule has 0 bridgehead atoms. The second kappa shape index (κ2) is 9.05. The molecule has 2 aromatic carbocycles. The number of amides is 1. The van der Waals surface area contributed by atoms with Gasteiger partial charge in [0.05, 0.1) is 11.6 Å². The summed E-state index contributed by atoms with van der Waals surface area (Å²) >= 11 is 0. The molecule has 1 aromatic heterocycles. The van der Waals surface area contributed by atoms with Gasteiger partial charge in [0.2, 0.25) is 0 Å². The lowest BCUT2D eigenvalue weighted by Gasteiger charge is -2.27. The number of nitrogens with zero attached hydrogens (tertiary/aromatic N) is 2. The molecule has 1 saturated heterocycles. The van der Waals surface area contributed by atoms with Crippen LogP contribution >= 0.6 is 0 Å². The monoisotopic (exact) mass is 482 g/mol. The van der Waals surface area contributed by atoms with Crippen molar-refractivity contribution in [2.24, 2.45) is 0 Å². The van der Waals surface area contributed by atoms with Crippen molar-refractivity contribution in [1.29, 1.82) is 0 Å². The molecular weight excluding hydrogens is 448 g/mol.